The number of ether oxygens (including phenoxy) is 2. The van der Waals surface area contributed by atoms with Crippen LogP contribution in [0.15, 0.2) is 77.2 Å². The molecule has 1 atom stereocenters. The van der Waals surface area contributed by atoms with Crippen molar-refractivity contribution >= 4 is 34.3 Å². The van der Waals surface area contributed by atoms with Crippen LogP contribution >= 0.6 is 11.6 Å². The fraction of sp³-hybridized carbons (Fsp3) is 0.0909. The number of hydrogen-bond donors (Lipinski definition) is 1. The molecule has 4 rings (SSSR count). The Morgan fingerprint density at radius 2 is 1.76 bits per heavy atom. The van der Waals surface area contributed by atoms with Crippen molar-refractivity contribution in [1.82, 2.24) is 4.98 Å². The largest absolute Gasteiger partial charge is 0.481 e. The summed E-state index contributed by atoms with van der Waals surface area (Å²) in [6.45, 7) is 1.69. The Morgan fingerprint density at radius 3 is 2.52 bits per heavy atom. The number of hydrogen-bond acceptors (Lipinski definition) is 5. The first-order valence-corrected chi connectivity index (χ1v) is 9.31. The number of anilines is 1. The van der Waals surface area contributed by atoms with Gasteiger partial charge in [0.05, 0.1) is 0 Å². The molecule has 1 heterocycles. The lowest BCUT2D eigenvalue weighted by molar-refractivity contribution is -0.122. The number of benzene rings is 3. The minimum atomic E-state index is -0.663. The first kappa shape index (κ1) is 18.8. The topological polar surface area (TPSA) is 73.6 Å². The molecular weight excluding hydrogens is 392 g/mol. The Kier molecular flexibility index (Phi) is 5.35. The Bertz CT molecular complexity index is 1130. The number of fused-ring (bicyclic) bond motifs is 1. The van der Waals surface area contributed by atoms with Gasteiger partial charge in [0.2, 0.25) is 0 Å². The number of aromatic nitrogens is 1. The lowest BCUT2D eigenvalue weighted by Gasteiger charge is -2.15. The molecule has 1 amide bonds. The quantitative estimate of drug-likeness (QED) is 0.444. The summed E-state index contributed by atoms with van der Waals surface area (Å²) in [5, 5.41) is 3.37. The van der Waals surface area contributed by atoms with E-state index >= 15 is 0 Å². The molecule has 7 heteroatoms. The zero-order valence-electron chi connectivity index (χ0n) is 15.5. The molecule has 0 saturated carbocycles. The van der Waals surface area contributed by atoms with E-state index in [9.17, 15) is 4.79 Å². The Morgan fingerprint density at radius 1 is 1.03 bits per heavy atom. The Hall–Kier alpha value is -3.51. The molecule has 4 aromatic rings. The molecule has 3 aromatic carbocycles. The second kappa shape index (κ2) is 8.24. The SMILES string of the molecule is CC(Oc1ccc(Oc2nc3ccc(Cl)cc3o2)cc1)C(=O)Nc1ccccc1. The van der Waals surface area contributed by atoms with Crippen LogP contribution in [-0.2, 0) is 4.79 Å². The van der Waals surface area contributed by atoms with Crippen LogP contribution in [0.5, 0.6) is 17.6 Å². The highest BCUT2D eigenvalue weighted by atomic mass is 35.5. The fourth-order valence-corrected chi connectivity index (χ4v) is 2.79. The van der Waals surface area contributed by atoms with E-state index in [4.69, 9.17) is 25.5 Å². The summed E-state index contributed by atoms with van der Waals surface area (Å²) in [6, 6.07) is 21.2. The lowest BCUT2D eigenvalue weighted by atomic mass is 10.3. The molecular formula is C22H17ClN2O4. The van der Waals surface area contributed by atoms with Gasteiger partial charge in [-0.2, -0.15) is 4.98 Å². The van der Waals surface area contributed by atoms with E-state index in [0.29, 0.717) is 27.6 Å². The molecule has 0 bridgehead atoms. The molecule has 6 nitrogen and oxygen atoms in total. The van der Waals surface area contributed by atoms with Gasteiger partial charge in [0.1, 0.15) is 17.0 Å². The van der Waals surface area contributed by atoms with E-state index in [0.717, 1.165) is 5.69 Å². The highest BCUT2D eigenvalue weighted by Crippen LogP contribution is 2.28. The predicted octanol–water partition coefficient (Wildman–Crippen LogP) is 5.68. The highest BCUT2D eigenvalue weighted by Gasteiger charge is 2.15. The Balaban J connectivity index is 1.37. The summed E-state index contributed by atoms with van der Waals surface area (Å²) in [7, 11) is 0. The first-order valence-electron chi connectivity index (χ1n) is 8.93. The fourth-order valence-electron chi connectivity index (χ4n) is 2.63. The maximum atomic E-state index is 12.2. The van der Waals surface area contributed by atoms with Crippen molar-refractivity contribution in [2.24, 2.45) is 0 Å². The van der Waals surface area contributed by atoms with Crippen LogP contribution < -0.4 is 14.8 Å². The third-order valence-corrected chi connectivity index (χ3v) is 4.32. The van der Waals surface area contributed by atoms with Gasteiger partial charge < -0.3 is 19.2 Å². The summed E-state index contributed by atoms with van der Waals surface area (Å²) in [4.78, 5) is 16.5. The van der Waals surface area contributed by atoms with Gasteiger partial charge in [-0.15, -0.1) is 0 Å². The number of halogens is 1. The van der Waals surface area contributed by atoms with Crippen LogP contribution in [0.2, 0.25) is 5.02 Å². The molecule has 0 fully saturated rings. The van der Waals surface area contributed by atoms with Crippen LogP contribution in [0.1, 0.15) is 6.92 Å². The highest BCUT2D eigenvalue weighted by molar-refractivity contribution is 6.31. The van der Waals surface area contributed by atoms with Crippen molar-refractivity contribution in [2.45, 2.75) is 13.0 Å². The van der Waals surface area contributed by atoms with Crippen molar-refractivity contribution in [1.29, 1.82) is 0 Å². The van der Waals surface area contributed by atoms with E-state index in [1.54, 1.807) is 49.4 Å². The van der Waals surface area contributed by atoms with Gasteiger partial charge in [-0.25, -0.2) is 0 Å². The summed E-state index contributed by atoms with van der Waals surface area (Å²) < 4.78 is 16.9. The average molecular weight is 409 g/mol. The van der Waals surface area contributed by atoms with Gasteiger partial charge in [0, 0.05) is 16.8 Å². The van der Waals surface area contributed by atoms with Gasteiger partial charge in [-0.3, -0.25) is 4.79 Å². The van der Waals surface area contributed by atoms with E-state index in [1.807, 2.05) is 30.3 Å². The van der Waals surface area contributed by atoms with Crippen LogP contribution in [-0.4, -0.2) is 17.0 Å². The number of carbonyl (C=O) groups excluding carboxylic acids is 1. The number of oxazole rings is 1. The molecule has 0 aliphatic rings. The second-order valence-electron chi connectivity index (χ2n) is 6.28. The molecule has 0 spiro atoms. The van der Waals surface area contributed by atoms with E-state index in [1.165, 1.54) is 0 Å². The van der Waals surface area contributed by atoms with E-state index < -0.39 is 6.10 Å². The molecule has 146 valence electrons. The lowest BCUT2D eigenvalue weighted by Crippen LogP contribution is -2.30. The number of rotatable bonds is 6. The molecule has 0 aliphatic heterocycles. The molecule has 1 unspecified atom stereocenters. The molecule has 29 heavy (non-hydrogen) atoms. The van der Waals surface area contributed by atoms with Crippen LogP contribution in [0.3, 0.4) is 0 Å². The summed E-state index contributed by atoms with van der Waals surface area (Å²) in [5.74, 6) is 0.829. The smallest absolute Gasteiger partial charge is 0.400 e. The maximum Gasteiger partial charge on any atom is 0.400 e. The monoisotopic (exact) mass is 408 g/mol. The molecule has 0 saturated heterocycles. The van der Waals surface area contributed by atoms with Crippen LogP contribution in [0, 0.1) is 0 Å². The van der Waals surface area contributed by atoms with E-state index in [2.05, 4.69) is 10.3 Å². The zero-order chi connectivity index (χ0) is 20.2. The van der Waals surface area contributed by atoms with Crippen LogP contribution in [0.4, 0.5) is 5.69 Å². The van der Waals surface area contributed by atoms with Crippen molar-refractivity contribution in [2.75, 3.05) is 5.32 Å². The third-order valence-electron chi connectivity index (χ3n) is 4.08. The maximum absolute atomic E-state index is 12.2. The summed E-state index contributed by atoms with van der Waals surface area (Å²) >= 11 is 5.94. The average Bonchev–Trinajstić information content (AvgIpc) is 3.11. The number of para-hydroxylation sites is 1. The van der Waals surface area contributed by atoms with Gasteiger partial charge in [0.25, 0.3) is 5.91 Å². The third kappa shape index (κ3) is 4.67. The molecule has 1 N–H and O–H groups in total. The second-order valence-corrected chi connectivity index (χ2v) is 6.72. The number of amides is 1. The van der Waals surface area contributed by atoms with Crippen molar-refractivity contribution in [3.8, 4) is 17.6 Å². The number of nitrogens with zero attached hydrogens (tertiary/aromatic N) is 1. The van der Waals surface area contributed by atoms with Gasteiger partial charge in [-0.1, -0.05) is 29.8 Å². The number of nitrogens with one attached hydrogen (secondary N) is 1. The zero-order valence-corrected chi connectivity index (χ0v) is 16.2. The normalized spacial score (nSPS) is 11.8. The van der Waals surface area contributed by atoms with Crippen molar-refractivity contribution in [3.05, 3.63) is 77.8 Å². The predicted molar refractivity (Wildman–Crippen MR) is 111 cm³/mol. The van der Waals surface area contributed by atoms with Crippen LogP contribution in [0.25, 0.3) is 11.1 Å². The van der Waals surface area contributed by atoms with Crippen molar-refractivity contribution < 1.29 is 18.7 Å². The summed E-state index contributed by atoms with van der Waals surface area (Å²) in [5.41, 5.74) is 1.92. The minimum absolute atomic E-state index is 0.117. The van der Waals surface area contributed by atoms with E-state index in [-0.39, 0.29) is 12.0 Å². The van der Waals surface area contributed by atoms with Gasteiger partial charge in [-0.05, 0) is 55.5 Å². The minimum Gasteiger partial charge on any atom is -0.481 e. The van der Waals surface area contributed by atoms with Gasteiger partial charge in [0.15, 0.2) is 11.7 Å². The molecule has 1 aromatic heterocycles. The standard InChI is InChI=1S/C22H17ClN2O4/c1-14(21(26)24-16-5-3-2-4-6-16)27-17-8-10-18(11-9-17)28-22-25-19-12-7-15(23)13-20(19)29-22/h2-14H,1H3,(H,24,26). The molecule has 0 radical (unpaired) electrons. The van der Waals surface area contributed by atoms with Crippen molar-refractivity contribution in [3.63, 3.8) is 0 Å². The molecule has 0 aliphatic carbocycles. The van der Waals surface area contributed by atoms with Gasteiger partial charge >= 0.3 is 6.08 Å². The Labute approximate surface area is 172 Å². The first-order chi connectivity index (χ1) is 14.1. The number of carbonyl (C=O) groups is 1. The summed E-state index contributed by atoms with van der Waals surface area (Å²) in [6.07, 6.45) is -0.546.